The standard InChI is InChI=1S/C15H21ClN2O/c1-2-19-9-3-8-18-11-12(6-7-17)14-5-4-13(16)10-15(14)18/h4-5,10-11H,2-3,6-9,17H2,1H3. The van der Waals surface area contributed by atoms with Gasteiger partial charge in [0.1, 0.15) is 0 Å². The second-order valence-electron chi connectivity index (χ2n) is 4.60. The molecule has 1 heterocycles. The first-order valence-corrected chi connectivity index (χ1v) is 7.19. The van der Waals surface area contributed by atoms with Crippen molar-refractivity contribution in [1.82, 2.24) is 4.57 Å². The molecule has 0 bridgehead atoms. The molecule has 0 aliphatic heterocycles. The molecule has 1 aromatic carbocycles. The van der Waals surface area contributed by atoms with Gasteiger partial charge in [-0.3, -0.25) is 0 Å². The first-order chi connectivity index (χ1) is 9.26. The Morgan fingerprint density at radius 2 is 2.21 bits per heavy atom. The summed E-state index contributed by atoms with van der Waals surface area (Å²) in [6, 6.07) is 6.05. The molecular weight excluding hydrogens is 260 g/mol. The van der Waals surface area contributed by atoms with Gasteiger partial charge in [0.15, 0.2) is 0 Å². The Bertz CT molecular complexity index is 536. The van der Waals surface area contributed by atoms with Crippen LogP contribution in [0.25, 0.3) is 10.9 Å². The molecule has 0 aliphatic carbocycles. The van der Waals surface area contributed by atoms with Gasteiger partial charge in [0, 0.05) is 41.9 Å². The van der Waals surface area contributed by atoms with Gasteiger partial charge in [-0.05, 0) is 44.0 Å². The number of aromatic nitrogens is 1. The van der Waals surface area contributed by atoms with E-state index in [1.54, 1.807) is 0 Å². The zero-order chi connectivity index (χ0) is 13.7. The predicted molar refractivity (Wildman–Crippen MR) is 80.8 cm³/mol. The van der Waals surface area contributed by atoms with Crippen LogP contribution in [0.3, 0.4) is 0 Å². The smallest absolute Gasteiger partial charge is 0.0498 e. The van der Waals surface area contributed by atoms with Gasteiger partial charge in [-0.1, -0.05) is 17.7 Å². The van der Waals surface area contributed by atoms with E-state index in [-0.39, 0.29) is 0 Å². The van der Waals surface area contributed by atoms with Crippen LogP contribution >= 0.6 is 11.6 Å². The van der Waals surface area contributed by atoms with Crippen LogP contribution in [0.15, 0.2) is 24.4 Å². The highest BCUT2D eigenvalue weighted by molar-refractivity contribution is 6.31. The quantitative estimate of drug-likeness (QED) is 0.791. The molecular formula is C15H21ClN2O. The molecule has 0 saturated carbocycles. The molecule has 0 atom stereocenters. The minimum absolute atomic E-state index is 0.667. The summed E-state index contributed by atoms with van der Waals surface area (Å²) in [7, 11) is 0. The first kappa shape index (κ1) is 14.4. The number of nitrogens with zero attached hydrogens (tertiary/aromatic N) is 1. The number of nitrogens with two attached hydrogens (primary N) is 1. The Morgan fingerprint density at radius 3 is 2.95 bits per heavy atom. The van der Waals surface area contributed by atoms with Crippen molar-refractivity contribution in [2.75, 3.05) is 19.8 Å². The van der Waals surface area contributed by atoms with Gasteiger partial charge in [-0.25, -0.2) is 0 Å². The Hall–Kier alpha value is -1.03. The average molecular weight is 281 g/mol. The topological polar surface area (TPSA) is 40.2 Å². The van der Waals surface area contributed by atoms with Crippen LogP contribution in [0.4, 0.5) is 0 Å². The van der Waals surface area contributed by atoms with Crippen LogP contribution in [0.1, 0.15) is 18.9 Å². The van der Waals surface area contributed by atoms with Gasteiger partial charge in [0.25, 0.3) is 0 Å². The minimum atomic E-state index is 0.667. The largest absolute Gasteiger partial charge is 0.382 e. The molecule has 1 aromatic heterocycles. The monoisotopic (exact) mass is 280 g/mol. The second kappa shape index (κ2) is 6.94. The molecule has 0 aliphatic rings. The number of hydrogen-bond donors (Lipinski definition) is 1. The number of ether oxygens (including phenoxy) is 1. The van der Waals surface area contributed by atoms with Gasteiger partial charge < -0.3 is 15.0 Å². The summed E-state index contributed by atoms with van der Waals surface area (Å²) in [6.45, 7) is 5.20. The van der Waals surface area contributed by atoms with Gasteiger partial charge in [-0.15, -0.1) is 0 Å². The molecule has 0 spiro atoms. The summed E-state index contributed by atoms with van der Waals surface area (Å²) in [6.07, 6.45) is 4.10. The molecule has 0 saturated heterocycles. The highest BCUT2D eigenvalue weighted by Crippen LogP contribution is 2.25. The van der Waals surface area contributed by atoms with E-state index in [2.05, 4.69) is 16.8 Å². The van der Waals surface area contributed by atoms with Gasteiger partial charge >= 0.3 is 0 Å². The number of benzene rings is 1. The molecule has 3 nitrogen and oxygen atoms in total. The van der Waals surface area contributed by atoms with Crippen molar-refractivity contribution in [3.05, 3.63) is 35.0 Å². The third-order valence-corrected chi connectivity index (χ3v) is 3.47. The van der Waals surface area contributed by atoms with Gasteiger partial charge in [-0.2, -0.15) is 0 Å². The molecule has 4 heteroatoms. The van der Waals surface area contributed by atoms with Crippen molar-refractivity contribution >= 4 is 22.5 Å². The molecule has 0 fully saturated rings. The highest BCUT2D eigenvalue weighted by atomic mass is 35.5. The van der Waals surface area contributed by atoms with Crippen molar-refractivity contribution in [2.45, 2.75) is 26.3 Å². The zero-order valence-corrected chi connectivity index (χ0v) is 12.1. The Morgan fingerprint density at radius 1 is 1.37 bits per heavy atom. The molecule has 2 N–H and O–H groups in total. The van der Waals surface area contributed by atoms with Crippen LogP contribution in [0.2, 0.25) is 5.02 Å². The van der Waals surface area contributed by atoms with E-state index in [1.807, 2.05) is 19.1 Å². The molecule has 2 rings (SSSR count). The second-order valence-corrected chi connectivity index (χ2v) is 5.03. The number of aryl methyl sites for hydroxylation is 1. The summed E-state index contributed by atoms with van der Waals surface area (Å²) >= 11 is 6.10. The maximum atomic E-state index is 6.10. The Kier molecular flexibility index (Phi) is 5.25. The number of halogens is 1. The average Bonchev–Trinajstić information content (AvgIpc) is 2.73. The van der Waals surface area contributed by atoms with E-state index in [0.29, 0.717) is 6.54 Å². The minimum Gasteiger partial charge on any atom is -0.382 e. The molecule has 0 radical (unpaired) electrons. The maximum absolute atomic E-state index is 6.10. The lowest BCUT2D eigenvalue weighted by atomic mass is 10.1. The van der Waals surface area contributed by atoms with E-state index >= 15 is 0 Å². The summed E-state index contributed by atoms with van der Waals surface area (Å²) in [5, 5.41) is 2.03. The fraction of sp³-hybridized carbons (Fsp3) is 0.467. The molecule has 104 valence electrons. The zero-order valence-electron chi connectivity index (χ0n) is 11.4. The van der Waals surface area contributed by atoms with E-state index in [0.717, 1.165) is 37.6 Å². The Labute approximate surface area is 119 Å². The Balaban J connectivity index is 2.23. The van der Waals surface area contributed by atoms with Crippen molar-refractivity contribution in [3.8, 4) is 0 Å². The van der Waals surface area contributed by atoms with Crippen LogP contribution in [0.5, 0.6) is 0 Å². The molecule has 0 unspecified atom stereocenters. The third kappa shape index (κ3) is 3.50. The molecule has 2 aromatic rings. The van der Waals surface area contributed by atoms with Crippen molar-refractivity contribution in [1.29, 1.82) is 0 Å². The van der Waals surface area contributed by atoms with E-state index < -0.39 is 0 Å². The van der Waals surface area contributed by atoms with Crippen molar-refractivity contribution in [3.63, 3.8) is 0 Å². The number of hydrogen-bond acceptors (Lipinski definition) is 2. The van der Waals surface area contributed by atoms with Gasteiger partial charge in [0.05, 0.1) is 0 Å². The third-order valence-electron chi connectivity index (χ3n) is 3.23. The van der Waals surface area contributed by atoms with Crippen LogP contribution in [0, 0.1) is 0 Å². The lowest BCUT2D eigenvalue weighted by Crippen LogP contribution is -2.03. The SMILES string of the molecule is CCOCCCn1cc(CCN)c2ccc(Cl)cc21. The highest BCUT2D eigenvalue weighted by Gasteiger charge is 2.08. The van der Waals surface area contributed by atoms with E-state index in [1.165, 1.54) is 16.5 Å². The van der Waals surface area contributed by atoms with Crippen LogP contribution in [-0.2, 0) is 17.7 Å². The lowest BCUT2D eigenvalue weighted by Gasteiger charge is -2.05. The number of fused-ring (bicyclic) bond motifs is 1. The summed E-state index contributed by atoms with van der Waals surface area (Å²) in [5.41, 5.74) is 8.16. The fourth-order valence-electron chi connectivity index (χ4n) is 2.36. The van der Waals surface area contributed by atoms with Crippen molar-refractivity contribution < 1.29 is 4.74 Å². The van der Waals surface area contributed by atoms with Crippen LogP contribution < -0.4 is 5.73 Å². The summed E-state index contributed by atoms with van der Waals surface area (Å²) < 4.78 is 7.64. The van der Waals surface area contributed by atoms with Gasteiger partial charge in [0.2, 0.25) is 0 Å². The normalized spacial score (nSPS) is 11.3. The first-order valence-electron chi connectivity index (χ1n) is 6.81. The fourth-order valence-corrected chi connectivity index (χ4v) is 2.53. The lowest BCUT2D eigenvalue weighted by molar-refractivity contribution is 0.142. The summed E-state index contributed by atoms with van der Waals surface area (Å²) in [5.74, 6) is 0. The predicted octanol–water partition coefficient (Wildman–Crippen LogP) is 3.22. The summed E-state index contributed by atoms with van der Waals surface area (Å²) in [4.78, 5) is 0. The molecule has 19 heavy (non-hydrogen) atoms. The molecule has 0 amide bonds. The van der Waals surface area contributed by atoms with Crippen molar-refractivity contribution in [2.24, 2.45) is 5.73 Å². The van der Waals surface area contributed by atoms with E-state index in [4.69, 9.17) is 22.1 Å². The maximum Gasteiger partial charge on any atom is 0.0498 e. The van der Waals surface area contributed by atoms with Crippen LogP contribution in [-0.4, -0.2) is 24.3 Å². The van der Waals surface area contributed by atoms with E-state index in [9.17, 15) is 0 Å². The number of rotatable bonds is 7.